The van der Waals surface area contributed by atoms with Gasteiger partial charge in [0, 0.05) is 51.0 Å². The van der Waals surface area contributed by atoms with Crippen LogP contribution in [0.4, 0.5) is 0 Å². The van der Waals surface area contributed by atoms with E-state index in [1.54, 1.807) is 21.3 Å². The van der Waals surface area contributed by atoms with Crippen molar-refractivity contribution in [1.82, 2.24) is 10.6 Å². The second-order valence-electron chi connectivity index (χ2n) is 7.77. The molecule has 0 amide bonds. The largest absolute Gasteiger partial charge is 0.496 e. The minimum atomic E-state index is 0.315. The van der Waals surface area contributed by atoms with E-state index >= 15 is 0 Å². The van der Waals surface area contributed by atoms with Gasteiger partial charge in [-0.3, -0.25) is 4.99 Å². The Morgan fingerprint density at radius 1 is 1.03 bits per heavy atom. The van der Waals surface area contributed by atoms with Gasteiger partial charge < -0.3 is 29.6 Å². The predicted octanol–water partition coefficient (Wildman–Crippen LogP) is 3.41. The average molecular weight is 422 g/mol. The second kappa shape index (κ2) is 12.5. The van der Waals surface area contributed by atoms with Crippen molar-refractivity contribution >= 4 is 5.96 Å². The first-order valence-corrected chi connectivity index (χ1v) is 10.9. The van der Waals surface area contributed by atoms with E-state index in [-0.39, 0.29) is 0 Å². The van der Waals surface area contributed by atoms with Crippen LogP contribution in [0.1, 0.15) is 44.6 Å². The van der Waals surface area contributed by atoms with Gasteiger partial charge in [0.2, 0.25) is 0 Å². The van der Waals surface area contributed by atoms with Gasteiger partial charge in [0.15, 0.2) is 5.96 Å². The Morgan fingerprint density at radius 2 is 1.70 bits per heavy atom. The average Bonchev–Trinajstić information content (AvgIpc) is 3.24. The Labute approximate surface area is 181 Å². The molecule has 2 N–H and O–H groups in total. The molecule has 30 heavy (non-hydrogen) atoms. The molecular weight excluding hydrogens is 382 g/mol. The van der Waals surface area contributed by atoms with Gasteiger partial charge in [-0.05, 0) is 38.0 Å². The highest BCUT2D eigenvalue weighted by Crippen LogP contribution is 2.40. The lowest BCUT2D eigenvalue weighted by Gasteiger charge is -2.30. The maximum Gasteiger partial charge on any atom is 0.191 e. The molecule has 0 unspecified atom stereocenters. The first-order chi connectivity index (χ1) is 14.6. The zero-order valence-corrected chi connectivity index (χ0v) is 19.3. The lowest BCUT2D eigenvalue weighted by Crippen LogP contribution is -2.44. The molecule has 1 saturated carbocycles. The van der Waals surface area contributed by atoms with E-state index in [0.717, 1.165) is 55.6 Å². The van der Waals surface area contributed by atoms with Gasteiger partial charge in [0.25, 0.3) is 0 Å². The number of methoxy groups -OCH3 is 3. The van der Waals surface area contributed by atoms with Gasteiger partial charge in [-0.2, -0.15) is 0 Å². The normalized spacial score (nSPS) is 15.7. The van der Waals surface area contributed by atoms with Crippen molar-refractivity contribution in [3.05, 3.63) is 17.7 Å². The maximum atomic E-state index is 5.62. The van der Waals surface area contributed by atoms with Gasteiger partial charge in [0.05, 0.1) is 21.3 Å². The van der Waals surface area contributed by atoms with E-state index in [2.05, 4.69) is 22.5 Å². The third-order valence-electron chi connectivity index (χ3n) is 5.98. The predicted molar refractivity (Wildman–Crippen MR) is 121 cm³/mol. The number of nitrogens with one attached hydrogen (secondary N) is 2. The number of aliphatic imine (C=N–C) groups is 1. The van der Waals surface area contributed by atoms with Crippen LogP contribution in [0.3, 0.4) is 0 Å². The van der Waals surface area contributed by atoms with Crippen LogP contribution in [0.5, 0.6) is 17.2 Å². The Hall–Kier alpha value is -2.15. The summed E-state index contributed by atoms with van der Waals surface area (Å²) in [6.45, 7) is 5.31. The van der Waals surface area contributed by atoms with Gasteiger partial charge in [0.1, 0.15) is 17.2 Å². The van der Waals surface area contributed by atoms with Crippen molar-refractivity contribution in [2.45, 2.75) is 45.4 Å². The van der Waals surface area contributed by atoms with Crippen LogP contribution in [-0.2, 0) is 11.2 Å². The molecule has 1 fully saturated rings. The molecule has 0 bridgehead atoms. The fourth-order valence-corrected chi connectivity index (χ4v) is 4.20. The molecule has 0 aromatic heterocycles. The molecule has 0 spiro atoms. The van der Waals surface area contributed by atoms with Crippen LogP contribution in [0.25, 0.3) is 0 Å². The zero-order chi connectivity index (χ0) is 21.8. The van der Waals surface area contributed by atoms with Crippen LogP contribution in [-0.4, -0.2) is 60.6 Å². The molecule has 0 radical (unpaired) electrons. The molecule has 0 atom stereocenters. The van der Waals surface area contributed by atoms with E-state index in [9.17, 15) is 0 Å². The van der Waals surface area contributed by atoms with Crippen LogP contribution >= 0.6 is 0 Å². The zero-order valence-electron chi connectivity index (χ0n) is 19.3. The Balaban J connectivity index is 1.92. The highest BCUT2D eigenvalue weighted by atomic mass is 16.5. The number of ether oxygens (including phenoxy) is 4. The monoisotopic (exact) mass is 421 g/mol. The van der Waals surface area contributed by atoms with Crippen LogP contribution < -0.4 is 24.8 Å². The SMILES string of the molecule is CCOCCC1(CNC(=NC)NCCc2c(OC)cc(OC)cc2OC)CCCC1. The summed E-state index contributed by atoms with van der Waals surface area (Å²) in [5.41, 5.74) is 1.32. The standard InChI is InChI=1S/C23H39N3O4/c1-6-30-14-12-23(10-7-8-11-23)17-26-22(24-2)25-13-9-19-20(28-4)15-18(27-3)16-21(19)29-5/h15-16H,6-14,17H2,1-5H3,(H2,24,25,26). The number of rotatable bonds is 12. The van der Waals surface area contributed by atoms with Gasteiger partial charge in [-0.1, -0.05) is 12.8 Å². The van der Waals surface area contributed by atoms with Crippen molar-refractivity contribution in [2.75, 3.05) is 54.7 Å². The highest BCUT2D eigenvalue weighted by molar-refractivity contribution is 5.79. The summed E-state index contributed by atoms with van der Waals surface area (Å²) in [6, 6.07) is 3.76. The van der Waals surface area contributed by atoms with E-state index in [4.69, 9.17) is 18.9 Å². The molecule has 0 aliphatic heterocycles. The fraction of sp³-hybridized carbons (Fsp3) is 0.696. The molecule has 170 valence electrons. The highest BCUT2D eigenvalue weighted by Gasteiger charge is 2.33. The van der Waals surface area contributed by atoms with Crippen LogP contribution in [0.2, 0.25) is 0 Å². The number of nitrogens with zero attached hydrogens (tertiary/aromatic N) is 1. The third-order valence-corrected chi connectivity index (χ3v) is 5.98. The number of benzene rings is 1. The maximum absolute atomic E-state index is 5.62. The summed E-state index contributed by atoms with van der Waals surface area (Å²) in [5.74, 6) is 3.06. The van der Waals surface area contributed by atoms with Gasteiger partial charge in [-0.15, -0.1) is 0 Å². The number of hydrogen-bond acceptors (Lipinski definition) is 5. The lowest BCUT2D eigenvalue weighted by molar-refractivity contribution is 0.105. The smallest absolute Gasteiger partial charge is 0.191 e. The molecule has 0 saturated heterocycles. The second-order valence-corrected chi connectivity index (χ2v) is 7.77. The van der Waals surface area contributed by atoms with E-state index in [1.165, 1.54) is 25.7 Å². The summed E-state index contributed by atoms with van der Waals surface area (Å²) in [5, 5.41) is 6.96. The van der Waals surface area contributed by atoms with Crippen LogP contribution in [0, 0.1) is 5.41 Å². The molecule has 1 aliphatic rings. The van der Waals surface area contributed by atoms with E-state index in [1.807, 2.05) is 19.2 Å². The minimum absolute atomic E-state index is 0.315. The van der Waals surface area contributed by atoms with Crippen molar-refractivity contribution in [3.63, 3.8) is 0 Å². The fourth-order valence-electron chi connectivity index (χ4n) is 4.20. The number of hydrogen-bond donors (Lipinski definition) is 2. The Kier molecular flexibility index (Phi) is 10.1. The molecule has 0 heterocycles. The molecule has 7 nitrogen and oxygen atoms in total. The molecule has 2 rings (SSSR count). The lowest BCUT2D eigenvalue weighted by atomic mass is 9.83. The molecule has 7 heteroatoms. The summed E-state index contributed by atoms with van der Waals surface area (Å²) in [7, 11) is 6.77. The first-order valence-electron chi connectivity index (χ1n) is 10.9. The molecular formula is C23H39N3O4. The quantitative estimate of drug-likeness (QED) is 0.306. The Bertz CT molecular complexity index is 647. The van der Waals surface area contributed by atoms with E-state index in [0.29, 0.717) is 17.7 Å². The molecule has 1 aliphatic carbocycles. The third kappa shape index (κ3) is 6.69. The van der Waals surface area contributed by atoms with Crippen LogP contribution in [0.15, 0.2) is 17.1 Å². The van der Waals surface area contributed by atoms with Crippen molar-refractivity contribution in [1.29, 1.82) is 0 Å². The summed E-state index contributed by atoms with van der Waals surface area (Å²) in [6.07, 6.45) is 6.96. The molecule has 1 aromatic carbocycles. The topological polar surface area (TPSA) is 73.3 Å². The van der Waals surface area contributed by atoms with Gasteiger partial charge >= 0.3 is 0 Å². The summed E-state index contributed by atoms with van der Waals surface area (Å²) in [4.78, 5) is 4.40. The molecule has 1 aromatic rings. The Morgan fingerprint density at radius 3 is 2.23 bits per heavy atom. The van der Waals surface area contributed by atoms with Crippen molar-refractivity contribution in [3.8, 4) is 17.2 Å². The van der Waals surface area contributed by atoms with Gasteiger partial charge in [-0.25, -0.2) is 0 Å². The minimum Gasteiger partial charge on any atom is -0.496 e. The van der Waals surface area contributed by atoms with E-state index < -0.39 is 0 Å². The van der Waals surface area contributed by atoms with Crippen molar-refractivity contribution in [2.24, 2.45) is 10.4 Å². The first kappa shape index (κ1) is 24.1. The summed E-state index contributed by atoms with van der Waals surface area (Å²) < 4.78 is 22.0. The summed E-state index contributed by atoms with van der Waals surface area (Å²) >= 11 is 0. The number of guanidine groups is 1. The van der Waals surface area contributed by atoms with Crippen molar-refractivity contribution < 1.29 is 18.9 Å².